The number of esters is 1. The zero-order chi connectivity index (χ0) is 18.4. The van der Waals surface area contributed by atoms with Crippen LogP contribution in [0.2, 0.25) is 0 Å². The van der Waals surface area contributed by atoms with Gasteiger partial charge in [-0.2, -0.15) is 0 Å². The molecule has 0 saturated carbocycles. The molecule has 8 heteroatoms. The predicted octanol–water partition coefficient (Wildman–Crippen LogP) is 1.72. The first kappa shape index (κ1) is 18.3. The van der Waals surface area contributed by atoms with Crippen molar-refractivity contribution in [2.45, 2.75) is 13.3 Å². The van der Waals surface area contributed by atoms with E-state index in [4.69, 9.17) is 16.6 Å². The molecule has 0 atom stereocenters. The van der Waals surface area contributed by atoms with Crippen LogP contribution < -0.4 is 10.6 Å². The van der Waals surface area contributed by atoms with E-state index in [1.54, 1.807) is 30.4 Å². The summed E-state index contributed by atoms with van der Waals surface area (Å²) in [6, 6.07) is 3.36. The molecule has 1 saturated heterocycles. The van der Waals surface area contributed by atoms with Crippen molar-refractivity contribution in [2.75, 3.05) is 7.11 Å². The highest BCUT2D eigenvalue weighted by Crippen LogP contribution is 2.20. The molecule has 0 aromatic carbocycles. The molecule has 1 aliphatic rings. The lowest BCUT2D eigenvalue weighted by Crippen LogP contribution is -2.51. The molecule has 0 spiro atoms. The standard InChI is InChI=1S/C17H16N2O5S/c1-10(5-3-4-6-14(20)23-2)13-8-7-11(24-13)9-12-15(21)18-17(25)19-16(12)22/h3-5,7-9H,6H2,1-2H3,(H2,18,19,21,22,25)/b4-3-,10-5+. The summed E-state index contributed by atoms with van der Waals surface area (Å²) < 4.78 is 10.1. The van der Waals surface area contributed by atoms with E-state index in [1.807, 2.05) is 6.92 Å². The summed E-state index contributed by atoms with van der Waals surface area (Å²) in [5, 5.41) is 4.68. The molecule has 0 radical (unpaired) electrons. The monoisotopic (exact) mass is 360 g/mol. The largest absolute Gasteiger partial charge is 0.469 e. The second kappa shape index (κ2) is 8.20. The molecule has 0 aliphatic carbocycles. The molecule has 2 rings (SSSR count). The number of carbonyl (C=O) groups excluding carboxylic acids is 3. The van der Waals surface area contributed by atoms with E-state index in [1.165, 1.54) is 13.2 Å². The van der Waals surface area contributed by atoms with Gasteiger partial charge in [-0.1, -0.05) is 18.2 Å². The van der Waals surface area contributed by atoms with Crippen LogP contribution in [0.4, 0.5) is 0 Å². The van der Waals surface area contributed by atoms with Crippen LogP contribution in [0.25, 0.3) is 11.6 Å². The van der Waals surface area contributed by atoms with Gasteiger partial charge in [0.1, 0.15) is 17.1 Å². The molecule has 2 heterocycles. The maximum Gasteiger partial charge on any atom is 0.309 e. The average molecular weight is 360 g/mol. The van der Waals surface area contributed by atoms with Gasteiger partial charge in [-0.15, -0.1) is 0 Å². The molecule has 0 bridgehead atoms. The van der Waals surface area contributed by atoms with Crippen LogP contribution >= 0.6 is 12.2 Å². The molecule has 0 unspecified atom stereocenters. The minimum Gasteiger partial charge on any atom is -0.469 e. The zero-order valence-corrected chi connectivity index (χ0v) is 14.4. The summed E-state index contributed by atoms with van der Waals surface area (Å²) in [5.74, 6) is -0.553. The Balaban J connectivity index is 2.10. The quantitative estimate of drug-likeness (QED) is 0.273. The van der Waals surface area contributed by atoms with Gasteiger partial charge in [0.25, 0.3) is 11.8 Å². The molecule has 130 valence electrons. The fourth-order valence-corrected chi connectivity index (χ4v) is 2.12. The van der Waals surface area contributed by atoms with Gasteiger partial charge in [0, 0.05) is 0 Å². The number of thiocarbonyl (C=S) groups is 1. The van der Waals surface area contributed by atoms with Crippen molar-refractivity contribution in [3.8, 4) is 0 Å². The van der Waals surface area contributed by atoms with E-state index >= 15 is 0 Å². The van der Waals surface area contributed by atoms with Crippen LogP contribution in [-0.2, 0) is 19.1 Å². The second-order valence-electron chi connectivity index (χ2n) is 5.06. The van der Waals surface area contributed by atoms with Crippen molar-refractivity contribution in [3.05, 3.63) is 47.5 Å². The van der Waals surface area contributed by atoms with E-state index in [0.29, 0.717) is 11.5 Å². The van der Waals surface area contributed by atoms with Crippen LogP contribution in [0, 0.1) is 0 Å². The van der Waals surface area contributed by atoms with Crippen LogP contribution in [0.15, 0.2) is 40.4 Å². The average Bonchev–Trinajstić information content (AvgIpc) is 3.03. The first-order chi connectivity index (χ1) is 11.9. The van der Waals surface area contributed by atoms with E-state index in [9.17, 15) is 14.4 Å². The van der Waals surface area contributed by atoms with Gasteiger partial charge in [0.05, 0.1) is 13.5 Å². The first-order valence-corrected chi connectivity index (χ1v) is 7.70. The Kier molecular flexibility index (Phi) is 6.02. The van der Waals surface area contributed by atoms with E-state index in [-0.39, 0.29) is 23.1 Å². The van der Waals surface area contributed by atoms with E-state index < -0.39 is 11.8 Å². The summed E-state index contributed by atoms with van der Waals surface area (Å²) in [5.41, 5.74) is 0.721. The SMILES string of the molecule is COC(=O)C/C=C\C=C(/C)c1ccc(C=C2C(=O)NC(=S)NC2=O)o1. The lowest BCUT2D eigenvalue weighted by Gasteiger charge is -2.15. The summed E-state index contributed by atoms with van der Waals surface area (Å²) in [6.07, 6.45) is 6.69. The van der Waals surface area contributed by atoms with Crippen LogP contribution in [0.5, 0.6) is 0 Å². The number of allylic oxidation sites excluding steroid dienone is 3. The molecule has 1 aromatic rings. The van der Waals surface area contributed by atoms with Crippen molar-refractivity contribution in [1.29, 1.82) is 0 Å². The van der Waals surface area contributed by atoms with Crippen molar-refractivity contribution in [1.82, 2.24) is 10.6 Å². The van der Waals surface area contributed by atoms with Crippen molar-refractivity contribution in [3.63, 3.8) is 0 Å². The number of carbonyl (C=O) groups is 3. The smallest absolute Gasteiger partial charge is 0.309 e. The first-order valence-electron chi connectivity index (χ1n) is 7.29. The van der Waals surface area contributed by atoms with Gasteiger partial charge < -0.3 is 9.15 Å². The molecule has 7 nitrogen and oxygen atoms in total. The van der Waals surface area contributed by atoms with Gasteiger partial charge in [0.2, 0.25) is 0 Å². The molecule has 1 fully saturated rings. The topological polar surface area (TPSA) is 97.6 Å². The Bertz CT molecular complexity index is 795. The summed E-state index contributed by atoms with van der Waals surface area (Å²) in [7, 11) is 1.33. The predicted molar refractivity (Wildman–Crippen MR) is 95.0 cm³/mol. The van der Waals surface area contributed by atoms with E-state index in [2.05, 4.69) is 15.4 Å². The molecular weight excluding hydrogens is 344 g/mol. The fourth-order valence-electron chi connectivity index (χ4n) is 1.93. The maximum absolute atomic E-state index is 11.8. The number of ether oxygens (including phenoxy) is 1. The summed E-state index contributed by atoms with van der Waals surface area (Å²) in [6.45, 7) is 1.83. The fraction of sp³-hybridized carbons (Fsp3) is 0.176. The Hall–Kier alpha value is -3.00. The molecule has 1 aromatic heterocycles. The number of amides is 2. The lowest BCUT2D eigenvalue weighted by atomic mass is 10.1. The Labute approximate surface area is 149 Å². The normalized spacial score (nSPS) is 15.2. The highest BCUT2D eigenvalue weighted by molar-refractivity contribution is 7.80. The molecule has 25 heavy (non-hydrogen) atoms. The van der Waals surface area contributed by atoms with Crippen LogP contribution in [0.3, 0.4) is 0 Å². The van der Waals surface area contributed by atoms with Gasteiger partial charge in [-0.25, -0.2) is 0 Å². The van der Waals surface area contributed by atoms with Crippen molar-refractivity contribution >= 4 is 46.8 Å². The minimum atomic E-state index is -0.579. The molecule has 1 aliphatic heterocycles. The highest BCUT2D eigenvalue weighted by atomic mass is 32.1. The zero-order valence-electron chi connectivity index (χ0n) is 13.6. The number of nitrogens with one attached hydrogen (secondary N) is 2. The summed E-state index contributed by atoms with van der Waals surface area (Å²) >= 11 is 4.73. The summed E-state index contributed by atoms with van der Waals surface area (Å²) in [4.78, 5) is 34.6. The van der Waals surface area contributed by atoms with Gasteiger partial charge in [-0.3, -0.25) is 25.0 Å². The van der Waals surface area contributed by atoms with Crippen molar-refractivity contribution in [2.24, 2.45) is 0 Å². The molecular formula is C17H16N2O5S. The van der Waals surface area contributed by atoms with Gasteiger partial charge >= 0.3 is 5.97 Å². The van der Waals surface area contributed by atoms with Crippen molar-refractivity contribution < 1.29 is 23.5 Å². The number of hydrogen-bond acceptors (Lipinski definition) is 6. The number of hydrogen-bond donors (Lipinski definition) is 2. The molecule has 2 N–H and O–H groups in total. The van der Waals surface area contributed by atoms with E-state index in [0.717, 1.165) is 5.57 Å². The Morgan fingerprint density at radius 3 is 2.60 bits per heavy atom. The third-order valence-corrected chi connectivity index (χ3v) is 3.44. The maximum atomic E-state index is 11.8. The van der Waals surface area contributed by atoms with Gasteiger partial charge in [0.15, 0.2) is 5.11 Å². The van der Waals surface area contributed by atoms with Gasteiger partial charge in [-0.05, 0) is 42.9 Å². The Morgan fingerprint density at radius 2 is 1.96 bits per heavy atom. The van der Waals surface area contributed by atoms with Crippen LogP contribution in [0.1, 0.15) is 24.9 Å². The Morgan fingerprint density at radius 1 is 1.28 bits per heavy atom. The number of methoxy groups -OCH3 is 1. The third-order valence-electron chi connectivity index (χ3n) is 3.24. The number of rotatable bonds is 5. The minimum absolute atomic E-state index is 0.0233. The highest BCUT2D eigenvalue weighted by Gasteiger charge is 2.26. The van der Waals surface area contributed by atoms with Crippen LogP contribution in [-0.4, -0.2) is 30.0 Å². The third kappa shape index (κ3) is 4.98. The lowest BCUT2D eigenvalue weighted by molar-refractivity contribution is -0.139. The second-order valence-corrected chi connectivity index (χ2v) is 5.46. The molecule has 2 amide bonds. The number of furan rings is 1.